The van der Waals surface area contributed by atoms with E-state index in [1.165, 1.54) is 0 Å². The quantitative estimate of drug-likeness (QED) is 0.378. The molecule has 0 saturated heterocycles. The molecule has 3 heteroatoms. The minimum atomic E-state index is -0.365. The van der Waals surface area contributed by atoms with Crippen LogP contribution in [0.4, 0.5) is 5.69 Å². The van der Waals surface area contributed by atoms with E-state index in [4.69, 9.17) is 4.74 Å². The first-order valence-corrected chi connectivity index (χ1v) is 10.5. The van der Waals surface area contributed by atoms with Crippen molar-refractivity contribution in [3.8, 4) is 28.7 Å². The Labute approximate surface area is 187 Å². The lowest BCUT2D eigenvalue weighted by molar-refractivity contribution is 0.0994. The van der Waals surface area contributed by atoms with Gasteiger partial charge < -0.3 is 4.74 Å². The zero-order chi connectivity index (χ0) is 21.9. The first-order chi connectivity index (χ1) is 15.7. The second-order valence-electron chi connectivity index (χ2n) is 7.58. The van der Waals surface area contributed by atoms with Gasteiger partial charge in [-0.25, -0.2) is 0 Å². The first kappa shape index (κ1) is 19.7. The molecule has 1 amide bonds. The van der Waals surface area contributed by atoms with Gasteiger partial charge in [0.1, 0.15) is 11.8 Å². The number of carbonyl (C=O) groups is 1. The maximum atomic E-state index is 13.6. The molecule has 5 rings (SSSR count). The molecule has 0 fully saturated rings. The van der Waals surface area contributed by atoms with Gasteiger partial charge in [0.05, 0.1) is 7.11 Å². The average molecular weight is 415 g/mol. The highest BCUT2D eigenvalue weighted by atomic mass is 16.5. The maximum absolute atomic E-state index is 13.6. The minimum Gasteiger partial charge on any atom is -0.497 e. The van der Waals surface area contributed by atoms with Crippen LogP contribution in [0.5, 0.6) is 5.75 Å². The van der Waals surface area contributed by atoms with E-state index in [1.807, 2.05) is 84.9 Å². The van der Waals surface area contributed by atoms with Crippen molar-refractivity contribution in [2.45, 2.75) is 6.04 Å². The van der Waals surface area contributed by atoms with Gasteiger partial charge in [0, 0.05) is 16.8 Å². The van der Waals surface area contributed by atoms with Crippen LogP contribution in [0.15, 0.2) is 103 Å². The molecule has 3 nitrogen and oxygen atoms in total. The zero-order valence-corrected chi connectivity index (χ0v) is 17.7. The van der Waals surface area contributed by atoms with Crippen molar-refractivity contribution in [2.24, 2.45) is 0 Å². The molecule has 0 N–H and O–H groups in total. The molecule has 32 heavy (non-hydrogen) atoms. The van der Waals surface area contributed by atoms with Crippen LogP contribution in [0.1, 0.15) is 27.5 Å². The van der Waals surface area contributed by atoms with Crippen molar-refractivity contribution in [1.29, 1.82) is 0 Å². The van der Waals surface area contributed by atoms with E-state index in [1.54, 1.807) is 12.0 Å². The van der Waals surface area contributed by atoms with Crippen LogP contribution < -0.4 is 9.64 Å². The van der Waals surface area contributed by atoms with Crippen LogP contribution in [0.3, 0.4) is 0 Å². The normalized spacial score (nSPS) is 14.5. The number of ether oxygens (including phenoxy) is 1. The molecule has 4 aromatic rings. The van der Waals surface area contributed by atoms with Crippen molar-refractivity contribution in [1.82, 2.24) is 0 Å². The second kappa shape index (κ2) is 8.45. The predicted molar refractivity (Wildman–Crippen MR) is 128 cm³/mol. The molecular weight excluding hydrogens is 394 g/mol. The summed E-state index contributed by atoms with van der Waals surface area (Å²) in [5.74, 6) is 7.29. The van der Waals surface area contributed by atoms with E-state index >= 15 is 0 Å². The summed E-state index contributed by atoms with van der Waals surface area (Å²) in [6.07, 6.45) is 0. The van der Waals surface area contributed by atoms with Crippen LogP contribution in [0.25, 0.3) is 11.1 Å². The molecule has 0 aliphatic carbocycles. The van der Waals surface area contributed by atoms with Crippen LogP contribution in [0.2, 0.25) is 0 Å². The number of nitrogens with zero attached hydrogens (tertiary/aromatic N) is 1. The number of benzene rings is 4. The van der Waals surface area contributed by atoms with Crippen molar-refractivity contribution in [3.63, 3.8) is 0 Å². The van der Waals surface area contributed by atoms with E-state index in [0.29, 0.717) is 5.56 Å². The molecule has 4 aromatic carbocycles. The number of methoxy groups -OCH3 is 1. The van der Waals surface area contributed by atoms with Gasteiger partial charge >= 0.3 is 0 Å². The SMILES string of the molecule is COc1ccc(N2C(=O)c3cc(-c4ccccc4)ccc3[C@@H]2C#Cc2ccccc2)cc1. The topological polar surface area (TPSA) is 29.5 Å². The summed E-state index contributed by atoms with van der Waals surface area (Å²) in [6, 6.07) is 33.2. The number of fused-ring (bicyclic) bond motifs is 1. The molecule has 0 unspecified atom stereocenters. The Morgan fingerprint density at radius 2 is 1.47 bits per heavy atom. The van der Waals surface area contributed by atoms with Crippen molar-refractivity contribution in [2.75, 3.05) is 12.0 Å². The number of anilines is 1. The molecule has 154 valence electrons. The van der Waals surface area contributed by atoms with Gasteiger partial charge in [-0.15, -0.1) is 0 Å². The summed E-state index contributed by atoms with van der Waals surface area (Å²) in [5, 5.41) is 0. The van der Waals surface area contributed by atoms with Crippen molar-refractivity contribution >= 4 is 11.6 Å². The van der Waals surface area contributed by atoms with Gasteiger partial charge in [0.25, 0.3) is 5.91 Å². The fourth-order valence-electron chi connectivity index (χ4n) is 4.00. The van der Waals surface area contributed by atoms with Crippen LogP contribution in [0, 0.1) is 11.8 Å². The van der Waals surface area contributed by atoms with Crippen LogP contribution in [-0.2, 0) is 0 Å². The largest absolute Gasteiger partial charge is 0.497 e. The number of amides is 1. The zero-order valence-electron chi connectivity index (χ0n) is 17.7. The van der Waals surface area contributed by atoms with E-state index in [-0.39, 0.29) is 11.9 Å². The van der Waals surface area contributed by atoms with E-state index < -0.39 is 0 Å². The lowest BCUT2D eigenvalue weighted by atomic mass is 9.98. The Balaban J connectivity index is 1.61. The van der Waals surface area contributed by atoms with Gasteiger partial charge in [-0.1, -0.05) is 72.5 Å². The van der Waals surface area contributed by atoms with Gasteiger partial charge in [-0.2, -0.15) is 0 Å². The third-order valence-electron chi connectivity index (χ3n) is 5.64. The molecule has 0 spiro atoms. The summed E-state index contributed by atoms with van der Waals surface area (Å²) in [5.41, 5.74) is 5.43. The second-order valence-corrected chi connectivity index (χ2v) is 7.58. The van der Waals surface area contributed by atoms with E-state index in [9.17, 15) is 4.79 Å². The van der Waals surface area contributed by atoms with Gasteiger partial charge in [-0.05, 0) is 59.2 Å². The maximum Gasteiger partial charge on any atom is 0.260 e. The Bertz CT molecular complexity index is 1320. The fourth-order valence-corrected chi connectivity index (χ4v) is 4.00. The summed E-state index contributed by atoms with van der Waals surface area (Å²) in [6.45, 7) is 0. The molecule has 1 heterocycles. The Hall–Kier alpha value is -4.29. The minimum absolute atomic E-state index is 0.0460. The Morgan fingerprint density at radius 3 is 2.16 bits per heavy atom. The number of rotatable bonds is 3. The molecule has 0 radical (unpaired) electrons. The van der Waals surface area contributed by atoms with Gasteiger partial charge in [0.15, 0.2) is 0 Å². The van der Waals surface area contributed by atoms with Crippen molar-refractivity contribution in [3.05, 3.63) is 120 Å². The summed E-state index contributed by atoms with van der Waals surface area (Å²) < 4.78 is 5.29. The molecule has 1 atom stereocenters. The smallest absolute Gasteiger partial charge is 0.260 e. The monoisotopic (exact) mass is 415 g/mol. The van der Waals surface area contributed by atoms with Crippen LogP contribution >= 0.6 is 0 Å². The third-order valence-corrected chi connectivity index (χ3v) is 5.64. The summed E-state index contributed by atoms with van der Waals surface area (Å²) in [7, 11) is 1.63. The fraction of sp³-hybridized carbons (Fsp3) is 0.0690. The molecule has 0 saturated carbocycles. The van der Waals surface area contributed by atoms with Gasteiger partial charge in [-0.3, -0.25) is 9.69 Å². The highest BCUT2D eigenvalue weighted by molar-refractivity contribution is 6.12. The summed E-state index contributed by atoms with van der Waals surface area (Å²) in [4.78, 5) is 15.4. The average Bonchev–Trinajstić information content (AvgIpc) is 3.15. The van der Waals surface area contributed by atoms with Crippen LogP contribution in [-0.4, -0.2) is 13.0 Å². The highest BCUT2D eigenvalue weighted by Crippen LogP contribution is 2.39. The Kier molecular flexibility index (Phi) is 5.19. The van der Waals surface area contributed by atoms with E-state index in [0.717, 1.165) is 33.7 Å². The number of hydrogen-bond donors (Lipinski definition) is 0. The molecule has 1 aliphatic rings. The highest BCUT2D eigenvalue weighted by Gasteiger charge is 2.37. The van der Waals surface area contributed by atoms with E-state index in [2.05, 4.69) is 30.0 Å². The lowest BCUT2D eigenvalue weighted by Crippen LogP contribution is -2.27. The molecule has 0 aromatic heterocycles. The number of carbonyl (C=O) groups excluding carboxylic acids is 1. The Morgan fingerprint density at radius 1 is 0.781 bits per heavy atom. The summed E-state index contributed by atoms with van der Waals surface area (Å²) >= 11 is 0. The van der Waals surface area contributed by atoms with Gasteiger partial charge in [0.2, 0.25) is 0 Å². The first-order valence-electron chi connectivity index (χ1n) is 10.5. The number of hydrogen-bond acceptors (Lipinski definition) is 2. The molecule has 1 aliphatic heterocycles. The van der Waals surface area contributed by atoms with Crippen molar-refractivity contribution < 1.29 is 9.53 Å². The molecule has 0 bridgehead atoms. The predicted octanol–water partition coefficient (Wildman–Crippen LogP) is 6.12. The standard InChI is InChI=1S/C29H21NO2/c1-32-25-16-14-24(15-17-25)30-28(19-12-21-8-4-2-5-9-21)26-18-13-23(20-27(26)29(30)31)22-10-6-3-7-11-22/h2-11,13-18,20,28H,1H3/t28-/m0/s1. The lowest BCUT2D eigenvalue weighted by Gasteiger charge is -2.21. The molecular formula is C29H21NO2. The third kappa shape index (κ3) is 3.64.